The number of halogens is 2. The van der Waals surface area contributed by atoms with Crippen LogP contribution in [0.15, 0.2) is 11.1 Å². The summed E-state index contributed by atoms with van der Waals surface area (Å²) in [6.07, 6.45) is 0. The van der Waals surface area contributed by atoms with E-state index in [1.165, 1.54) is 6.92 Å². The van der Waals surface area contributed by atoms with Gasteiger partial charge in [-0.2, -0.15) is 0 Å². The second kappa shape index (κ2) is 2.54. The number of hydrogen-bond acceptors (Lipinski definition) is 2. The number of thiol groups is 1. The normalized spacial score (nSPS) is 10.0. The molecule has 0 bridgehead atoms. The summed E-state index contributed by atoms with van der Waals surface area (Å²) in [5.41, 5.74) is 0.159. The molecule has 0 aliphatic heterocycles. The summed E-state index contributed by atoms with van der Waals surface area (Å²) in [4.78, 5) is 3.49. The lowest BCUT2D eigenvalue weighted by atomic mass is 10.3. The predicted octanol–water partition coefficient (Wildman–Crippen LogP) is 1.96. The van der Waals surface area contributed by atoms with Crippen LogP contribution in [0.5, 0.6) is 0 Å². The van der Waals surface area contributed by atoms with Crippen molar-refractivity contribution in [3.05, 3.63) is 23.4 Å². The molecule has 0 amide bonds. The predicted molar refractivity (Wildman–Crippen MR) is 36.1 cm³/mol. The first-order valence-corrected chi connectivity index (χ1v) is 3.07. The Morgan fingerprint density at radius 2 is 2.00 bits per heavy atom. The van der Waals surface area contributed by atoms with E-state index in [-0.39, 0.29) is 10.7 Å². The maximum Gasteiger partial charge on any atom is 0.158 e. The van der Waals surface area contributed by atoms with Gasteiger partial charge in [-0.3, -0.25) is 0 Å². The Kier molecular flexibility index (Phi) is 1.89. The van der Waals surface area contributed by atoms with E-state index in [1.54, 1.807) is 0 Å². The Labute approximate surface area is 62.5 Å². The maximum atomic E-state index is 12.4. The summed E-state index contributed by atoms with van der Waals surface area (Å²) in [5, 5.41) is -0.0705. The highest BCUT2D eigenvalue weighted by Gasteiger charge is 2.04. The van der Waals surface area contributed by atoms with Gasteiger partial charge in [0.15, 0.2) is 5.82 Å². The second-order valence-electron chi connectivity index (χ2n) is 1.86. The SMILES string of the molecule is Cc1nc(S)c(F)cc1F. The number of aromatic nitrogens is 1. The van der Waals surface area contributed by atoms with E-state index in [4.69, 9.17) is 0 Å². The average molecular weight is 161 g/mol. The lowest BCUT2D eigenvalue weighted by Crippen LogP contribution is -1.91. The lowest BCUT2D eigenvalue weighted by molar-refractivity contribution is 0.541. The van der Waals surface area contributed by atoms with Gasteiger partial charge in [0.25, 0.3) is 0 Å². The molecule has 0 radical (unpaired) electrons. The fraction of sp³-hybridized carbons (Fsp3) is 0.167. The van der Waals surface area contributed by atoms with Crippen LogP contribution in [0.3, 0.4) is 0 Å². The molecule has 10 heavy (non-hydrogen) atoms. The molecule has 0 aliphatic carbocycles. The highest BCUT2D eigenvalue weighted by molar-refractivity contribution is 7.80. The van der Waals surface area contributed by atoms with Crippen molar-refractivity contribution in [1.82, 2.24) is 4.98 Å². The molecule has 0 saturated carbocycles. The van der Waals surface area contributed by atoms with Gasteiger partial charge in [0.05, 0.1) is 5.69 Å². The van der Waals surface area contributed by atoms with Crippen molar-refractivity contribution in [3.63, 3.8) is 0 Å². The fourth-order valence-corrected chi connectivity index (χ4v) is 0.760. The zero-order valence-corrected chi connectivity index (χ0v) is 6.12. The third-order valence-corrected chi connectivity index (χ3v) is 1.40. The monoisotopic (exact) mass is 161 g/mol. The van der Waals surface area contributed by atoms with Gasteiger partial charge in [0.2, 0.25) is 0 Å². The van der Waals surface area contributed by atoms with Gasteiger partial charge in [-0.1, -0.05) is 0 Å². The van der Waals surface area contributed by atoms with Gasteiger partial charge < -0.3 is 0 Å². The van der Waals surface area contributed by atoms with E-state index in [0.29, 0.717) is 0 Å². The molecule has 1 nitrogen and oxygen atoms in total. The van der Waals surface area contributed by atoms with Crippen molar-refractivity contribution in [1.29, 1.82) is 0 Å². The van der Waals surface area contributed by atoms with Crippen LogP contribution in [-0.2, 0) is 0 Å². The van der Waals surface area contributed by atoms with Gasteiger partial charge >= 0.3 is 0 Å². The van der Waals surface area contributed by atoms with Crippen LogP contribution in [0, 0.1) is 18.6 Å². The van der Waals surface area contributed by atoms with Crippen LogP contribution in [-0.4, -0.2) is 4.98 Å². The first-order valence-electron chi connectivity index (χ1n) is 2.63. The molecule has 1 heterocycles. The summed E-state index contributed by atoms with van der Waals surface area (Å²) in [5.74, 6) is -1.37. The van der Waals surface area contributed by atoms with Crippen LogP contribution in [0.4, 0.5) is 8.78 Å². The number of nitrogens with zero attached hydrogens (tertiary/aromatic N) is 1. The summed E-state index contributed by atoms with van der Waals surface area (Å²) >= 11 is 3.66. The summed E-state index contributed by atoms with van der Waals surface area (Å²) in [6.45, 7) is 1.45. The Morgan fingerprint density at radius 3 is 2.50 bits per heavy atom. The molecule has 1 aromatic heterocycles. The topological polar surface area (TPSA) is 12.9 Å². The molecule has 0 N–H and O–H groups in total. The minimum Gasteiger partial charge on any atom is -0.241 e. The minimum atomic E-state index is -0.730. The van der Waals surface area contributed by atoms with E-state index in [9.17, 15) is 8.78 Å². The number of pyridine rings is 1. The zero-order chi connectivity index (χ0) is 7.72. The molecular formula is C6H5F2NS. The van der Waals surface area contributed by atoms with Crippen LogP contribution >= 0.6 is 12.6 Å². The first kappa shape index (κ1) is 7.47. The molecule has 0 spiro atoms. The Morgan fingerprint density at radius 1 is 1.40 bits per heavy atom. The van der Waals surface area contributed by atoms with Crippen molar-refractivity contribution in [2.24, 2.45) is 0 Å². The first-order chi connectivity index (χ1) is 4.61. The quantitative estimate of drug-likeness (QED) is 0.574. The standard InChI is InChI=1S/C6H5F2NS/c1-3-4(7)2-5(8)6(10)9-3/h2H,1H3,(H,9,10). The molecule has 4 heteroatoms. The highest BCUT2D eigenvalue weighted by atomic mass is 32.1. The third kappa shape index (κ3) is 1.26. The summed E-state index contributed by atoms with van der Waals surface area (Å²) in [6, 6.07) is 0.769. The van der Waals surface area contributed by atoms with E-state index >= 15 is 0 Å². The van der Waals surface area contributed by atoms with Crippen LogP contribution < -0.4 is 0 Å². The molecule has 1 aromatic rings. The molecule has 0 atom stereocenters. The van der Waals surface area contributed by atoms with Gasteiger partial charge in [-0.15, -0.1) is 12.6 Å². The van der Waals surface area contributed by atoms with Gasteiger partial charge in [-0.25, -0.2) is 13.8 Å². The lowest BCUT2D eigenvalue weighted by Gasteiger charge is -1.96. The van der Waals surface area contributed by atoms with Crippen LogP contribution in [0.25, 0.3) is 0 Å². The van der Waals surface area contributed by atoms with E-state index in [0.717, 1.165) is 6.07 Å². The Hall–Kier alpha value is -0.640. The highest BCUT2D eigenvalue weighted by Crippen LogP contribution is 2.12. The van der Waals surface area contributed by atoms with Crippen LogP contribution in [0.1, 0.15) is 5.69 Å². The number of hydrogen-bond donors (Lipinski definition) is 1. The van der Waals surface area contributed by atoms with Crippen molar-refractivity contribution in [3.8, 4) is 0 Å². The zero-order valence-electron chi connectivity index (χ0n) is 5.23. The second-order valence-corrected chi connectivity index (χ2v) is 2.28. The molecule has 54 valence electrons. The maximum absolute atomic E-state index is 12.4. The van der Waals surface area contributed by atoms with E-state index < -0.39 is 11.6 Å². The summed E-state index contributed by atoms with van der Waals surface area (Å²) in [7, 11) is 0. The Bertz CT molecular complexity index is 212. The molecule has 0 saturated heterocycles. The smallest absolute Gasteiger partial charge is 0.158 e. The van der Waals surface area contributed by atoms with E-state index in [1.807, 2.05) is 0 Å². The van der Waals surface area contributed by atoms with Gasteiger partial charge in [0.1, 0.15) is 10.8 Å². The van der Waals surface area contributed by atoms with Gasteiger partial charge in [-0.05, 0) is 6.92 Å². The molecule has 0 unspecified atom stereocenters. The molecule has 1 rings (SSSR count). The fourth-order valence-electron chi connectivity index (χ4n) is 0.546. The number of rotatable bonds is 0. The molecule has 0 fully saturated rings. The van der Waals surface area contributed by atoms with Crippen molar-refractivity contribution >= 4 is 12.6 Å². The van der Waals surface area contributed by atoms with E-state index in [2.05, 4.69) is 17.6 Å². The average Bonchev–Trinajstić information content (AvgIpc) is 1.84. The van der Waals surface area contributed by atoms with Gasteiger partial charge in [0, 0.05) is 6.07 Å². The Balaban J connectivity index is 3.28. The van der Waals surface area contributed by atoms with Crippen molar-refractivity contribution in [2.45, 2.75) is 11.9 Å². The van der Waals surface area contributed by atoms with Crippen molar-refractivity contribution in [2.75, 3.05) is 0 Å². The number of aryl methyl sites for hydroxylation is 1. The summed E-state index contributed by atoms with van der Waals surface area (Å²) < 4.78 is 24.8. The third-order valence-electron chi connectivity index (χ3n) is 1.09. The van der Waals surface area contributed by atoms with Crippen LogP contribution in [0.2, 0.25) is 0 Å². The molecule has 0 aliphatic rings. The minimum absolute atomic E-state index is 0.0705. The molecule has 0 aromatic carbocycles. The van der Waals surface area contributed by atoms with Crippen molar-refractivity contribution < 1.29 is 8.78 Å². The largest absolute Gasteiger partial charge is 0.241 e. The molecular weight excluding hydrogens is 156 g/mol.